The van der Waals surface area contributed by atoms with Crippen molar-refractivity contribution in [2.24, 2.45) is 5.41 Å². The van der Waals surface area contributed by atoms with E-state index in [-0.39, 0.29) is 11.5 Å². The molecule has 1 aromatic carbocycles. The van der Waals surface area contributed by atoms with Crippen molar-refractivity contribution in [1.29, 1.82) is 0 Å². The number of aromatic amines is 1. The highest BCUT2D eigenvalue weighted by molar-refractivity contribution is 5.95. The normalized spacial score (nSPS) is 15.9. The Morgan fingerprint density at radius 3 is 2.70 bits per heavy atom. The molecule has 172 valence electrons. The van der Waals surface area contributed by atoms with Crippen LogP contribution in [0.15, 0.2) is 36.8 Å². The van der Waals surface area contributed by atoms with Crippen LogP contribution in [0.4, 0.5) is 5.95 Å². The minimum Gasteiger partial charge on any atom is -0.473 e. The van der Waals surface area contributed by atoms with E-state index in [9.17, 15) is 0 Å². The molecule has 3 aromatic heterocycles. The molecule has 1 fully saturated rings. The first-order valence-electron chi connectivity index (χ1n) is 11.5. The van der Waals surface area contributed by atoms with Gasteiger partial charge in [0, 0.05) is 43.0 Å². The second kappa shape index (κ2) is 8.59. The number of nitrogens with one attached hydrogen (secondary N) is 2. The number of piperidine rings is 1. The lowest BCUT2D eigenvalue weighted by molar-refractivity contribution is 0.110. The van der Waals surface area contributed by atoms with E-state index < -0.39 is 0 Å². The molecule has 1 aliphatic rings. The molecule has 0 atom stereocenters. The highest BCUT2D eigenvalue weighted by atomic mass is 16.5. The predicted octanol–water partition coefficient (Wildman–Crippen LogP) is 4.50. The van der Waals surface area contributed by atoms with Crippen LogP contribution in [0.1, 0.15) is 33.6 Å². The Morgan fingerprint density at radius 2 is 1.91 bits per heavy atom. The van der Waals surface area contributed by atoms with Gasteiger partial charge >= 0.3 is 0 Å². The number of hydrogen-bond donors (Lipinski definition) is 2. The lowest BCUT2D eigenvalue weighted by atomic mass is 9.97. The average Bonchev–Trinajstić information content (AvgIpc) is 3.21. The number of fused-ring (bicyclic) bond motifs is 2. The Balaban J connectivity index is 1.39. The SMILES string of the molecule is CN1CCC(Oc2cnc3ccc(-c4c[nH]c5nc(NCC(C)(C)C)ncc45)cc3n2)CC1. The molecular formula is C25H31N7O. The first-order valence-corrected chi connectivity index (χ1v) is 11.5. The van der Waals surface area contributed by atoms with Gasteiger partial charge in [-0.2, -0.15) is 4.98 Å². The zero-order chi connectivity index (χ0) is 23.0. The van der Waals surface area contributed by atoms with Gasteiger partial charge in [0.25, 0.3) is 0 Å². The molecule has 8 nitrogen and oxygen atoms in total. The van der Waals surface area contributed by atoms with Crippen LogP contribution < -0.4 is 10.1 Å². The van der Waals surface area contributed by atoms with Gasteiger partial charge in [0.15, 0.2) is 0 Å². The van der Waals surface area contributed by atoms with Crippen LogP contribution in [0, 0.1) is 5.41 Å². The molecule has 0 spiro atoms. The molecule has 0 amide bonds. The van der Waals surface area contributed by atoms with Gasteiger partial charge in [-0.1, -0.05) is 26.8 Å². The molecule has 2 N–H and O–H groups in total. The third kappa shape index (κ3) is 4.90. The third-order valence-electron chi connectivity index (χ3n) is 5.99. The quantitative estimate of drug-likeness (QED) is 0.467. The van der Waals surface area contributed by atoms with Crippen molar-refractivity contribution < 1.29 is 4.74 Å². The van der Waals surface area contributed by atoms with Crippen LogP contribution in [-0.4, -0.2) is 62.6 Å². The van der Waals surface area contributed by atoms with E-state index in [1.165, 1.54) is 0 Å². The summed E-state index contributed by atoms with van der Waals surface area (Å²) in [7, 11) is 2.15. The van der Waals surface area contributed by atoms with Crippen LogP contribution in [0.25, 0.3) is 33.2 Å². The average molecular weight is 446 g/mol. The van der Waals surface area contributed by atoms with Crippen molar-refractivity contribution in [2.45, 2.75) is 39.7 Å². The first kappa shape index (κ1) is 21.6. The van der Waals surface area contributed by atoms with Crippen molar-refractivity contribution in [2.75, 3.05) is 32.0 Å². The minimum absolute atomic E-state index is 0.154. The summed E-state index contributed by atoms with van der Waals surface area (Å²) < 4.78 is 6.14. The zero-order valence-electron chi connectivity index (χ0n) is 19.7. The van der Waals surface area contributed by atoms with E-state index in [1.54, 1.807) is 6.20 Å². The molecule has 4 heterocycles. The van der Waals surface area contributed by atoms with Crippen LogP contribution in [0.3, 0.4) is 0 Å². The summed E-state index contributed by atoms with van der Waals surface area (Å²) in [6.07, 6.45) is 7.79. The first-order chi connectivity index (χ1) is 15.8. The summed E-state index contributed by atoms with van der Waals surface area (Å²) in [6, 6.07) is 6.11. The fourth-order valence-electron chi connectivity index (χ4n) is 4.07. The molecule has 1 aliphatic heterocycles. The summed E-state index contributed by atoms with van der Waals surface area (Å²) in [5.41, 5.74) is 4.70. The largest absolute Gasteiger partial charge is 0.473 e. The summed E-state index contributed by atoms with van der Waals surface area (Å²) in [5, 5.41) is 4.29. The number of nitrogens with zero attached hydrogens (tertiary/aromatic N) is 5. The summed E-state index contributed by atoms with van der Waals surface area (Å²) in [5.74, 6) is 1.22. The van der Waals surface area contributed by atoms with E-state index in [0.29, 0.717) is 11.8 Å². The highest BCUT2D eigenvalue weighted by Crippen LogP contribution is 2.30. The van der Waals surface area contributed by atoms with Crippen LogP contribution >= 0.6 is 0 Å². The number of rotatable bonds is 5. The van der Waals surface area contributed by atoms with Gasteiger partial charge in [-0.3, -0.25) is 0 Å². The maximum Gasteiger partial charge on any atom is 0.233 e. The van der Waals surface area contributed by atoms with Crippen molar-refractivity contribution in [3.8, 4) is 17.0 Å². The molecule has 5 rings (SSSR count). The van der Waals surface area contributed by atoms with E-state index in [1.807, 2.05) is 18.5 Å². The molecule has 4 aromatic rings. The Kier molecular flexibility index (Phi) is 5.62. The van der Waals surface area contributed by atoms with E-state index >= 15 is 0 Å². The summed E-state index contributed by atoms with van der Waals surface area (Å²) in [6.45, 7) is 9.43. The molecule has 8 heteroatoms. The van der Waals surface area contributed by atoms with E-state index in [2.05, 4.69) is 70.1 Å². The predicted molar refractivity (Wildman–Crippen MR) is 132 cm³/mol. The maximum absolute atomic E-state index is 6.14. The lowest BCUT2D eigenvalue weighted by Gasteiger charge is -2.28. The topological polar surface area (TPSA) is 91.8 Å². The van der Waals surface area contributed by atoms with Gasteiger partial charge in [-0.15, -0.1) is 0 Å². The molecule has 0 bridgehead atoms. The lowest BCUT2D eigenvalue weighted by Crippen LogP contribution is -2.35. The fourth-order valence-corrected chi connectivity index (χ4v) is 4.07. The van der Waals surface area contributed by atoms with Crippen molar-refractivity contribution in [3.63, 3.8) is 0 Å². The van der Waals surface area contributed by atoms with Gasteiger partial charge in [-0.25, -0.2) is 15.0 Å². The summed E-state index contributed by atoms with van der Waals surface area (Å²) in [4.78, 5) is 24.1. The molecule has 0 radical (unpaired) electrons. The van der Waals surface area contributed by atoms with Crippen molar-refractivity contribution >= 4 is 28.0 Å². The number of aromatic nitrogens is 5. The molecule has 0 aliphatic carbocycles. The van der Waals surface area contributed by atoms with Crippen LogP contribution in [0.2, 0.25) is 0 Å². The Morgan fingerprint density at radius 1 is 1.09 bits per heavy atom. The number of likely N-dealkylation sites (tertiary alicyclic amines) is 1. The van der Waals surface area contributed by atoms with E-state index in [0.717, 1.165) is 65.7 Å². The van der Waals surface area contributed by atoms with Gasteiger partial charge < -0.3 is 19.9 Å². The molecular weight excluding hydrogens is 414 g/mol. The molecule has 0 unspecified atom stereocenters. The monoisotopic (exact) mass is 445 g/mol. The van der Waals surface area contributed by atoms with E-state index in [4.69, 9.17) is 9.72 Å². The zero-order valence-corrected chi connectivity index (χ0v) is 19.7. The van der Waals surface area contributed by atoms with Crippen molar-refractivity contribution in [1.82, 2.24) is 29.8 Å². The summed E-state index contributed by atoms with van der Waals surface area (Å²) >= 11 is 0. The van der Waals surface area contributed by atoms with Gasteiger partial charge in [0.2, 0.25) is 11.8 Å². The minimum atomic E-state index is 0.154. The number of anilines is 1. The second-order valence-electron chi connectivity index (χ2n) is 10.1. The van der Waals surface area contributed by atoms with Crippen LogP contribution in [0.5, 0.6) is 5.88 Å². The standard InChI is InChI=1S/C25H31N7O/c1-25(2,3)15-29-24-28-13-19-18(12-27-23(19)31-24)16-5-6-20-21(11-16)30-22(14-26-20)33-17-7-9-32(4)10-8-17/h5-6,11-14,17H,7-10,15H2,1-4H3,(H2,27,28,29,31). The number of H-pyrrole nitrogens is 1. The number of benzene rings is 1. The Hall–Kier alpha value is -3.26. The Labute approximate surface area is 193 Å². The molecule has 1 saturated heterocycles. The van der Waals surface area contributed by atoms with Gasteiger partial charge in [0.1, 0.15) is 11.8 Å². The van der Waals surface area contributed by atoms with Crippen LogP contribution in [-0.2, 0) is 0 Å². The second-order valence-corrected chi connectivity index (χ2v) is 10.1. The highest BCUT2D eigenvalue weighted by Gasteiger charge is 2.19. The fraction of sp³-hybridized carbons (Fsp3) is 0.440. The molecule has 33 heavy (non-hydrogen) atoms. The van der Waals surface area contributed by atoms with Gasteiger partial charge in [-0.05, 0) is 43.0 Å². The number of ether oxygens (including phenoxy) is 1. The maximum atomic E-state index is 6.14. The Bertz CT molecular complexity index is 1270. The number of hydrogen-bond acceptors (Lipinski definition) is 7. The van der Waals surface area contributed by atoms with Crippen molar-refractivity contribution in [3.05, 3.63) is 36.8 Å². The smallest absolute Gasteiger partial charge is 0.233 e. The third-order valence-corrected chi connectivity index (χ3v) is 5.99. The van der Waals surface area contributed by atoms with Gasteiger partial charge in [0.05, 0.1) is 17.2 Å². The molecule has 0 saturated carbocycles.